The van der Waals surface area contributed by atoms with Gasteiger partial charge in [-0.1, -0.05) is 81.1 Å². The summed E-state index contributed by atoms with van der Waals surface area (Å²) in [6, 6.07) is 17.6. The molecule has 2 aromatic heterocycles. The quantitative estimate of drug-likeness (QED) is 0.0183. The Morgan fingerprint density at radius 1 is 0.325 bits per heavy atom. The van der Waals surface area contributed by atoms with E-state index in [1.165, 1.54) is 0 Å². The average Bonchev–Trinajstić information content (AvgIpc) is 3.51. The Labute approximate surface area is 475 Å². The van der Waals surface area contributed by atoms with Gasteiger partial charge in [0.15, 0.2) is 0 Å². The van der Waals surface area contributed by atoms with Crippen LogP contribution < -0.4 is 62.3 Å². The molecule has 2 heterocycles. The molecular formula is C62H90N14O4. The van der Waals surface area contributed by atoms with Gasteiger partial charge in [0, 0.05) is 119 Å². The van der Waals surface area contributed by atoms with Gasteiger partial charge in [-0.3, -0.25) is 0 Å². The first-order valence-electron chi connectivity index (χ1n) is 29.8. The van der Waals surface area contributed by atoms with E-state index in [4.69, 9.17) is 40.4 Å². The molecule has 432 valence electrons. The molecule has 6 aromatic rings. The number of nitrogens with zero attached hydrogens (tertiary/aromatic N) is 6. The van der Waals surface area contributed by atoms with Crippen molar-refractivity contribution >= 4 is 58.4 Å². The smallest absolute Gasteiger partial charge is 0.233 e. The lowest BCUT2D eigenvalue weighted by Crippen LogP contribution is -2.13. The fourth-order valence-corrected chi connectivity index (χ4v) is 9.68. The van der Waals surface area contributed by atoms with Crippen LogP contribution in [0.25, 0.3) is 0 Å². The van der Waals surface area contributed by atoms with Crippen molar-refractivity contribution in [3.05, 3.63) is 93.0 Å². The maximum Gasteiger partial charge on any atom is 0.233 e. The van der Waals surface area contributed by atoms with E-state index in [0.717, 1.165) is 193 Å². The molecule has 18 nitrogen and oxygen atoms in total. The Morgan fingerprint density at radius 3 is 0.838 bits per heavy atom. The third-order valence-electron chi connectivity index (χ3n) is 13.5. The summed E-state index contributed by atoms with van der Waals surface area (Å²) in [5, 5.41) is 21.4. The molecule has 10 N–H and O–H groups in total. The average molecular weight is 1100 g/mol. The molecule has 18 heteroatoms. The second-order valence-corrected chi connectivity index (χ2v) is 20.6. The van der Waals surface area contributed by atoms with E-state index in [0.29, 0.717) is 75.9 Å². The Morgan fingerprint density at radius 2 is 0.575 bits per heavy atom. The van der Waals surface area contributed by atoms with Crippen LogP contribution in [0.3, 0.4) is 0 Å². The highest BCUT2D eigenvalue weighted by Gasteiger charge is 2.26. The number of anilines is 10. The van der Waals surface area contributed by atoms with Crippen LogP contribution in [-0.2, 0) is 25.7 Å². The molecule has 0 fully saturated rings. The molecule has 0 spiro atoms. The number of rotatable bonds is 32. The van der Waals surface area contributed by atoms with Crippen molar-refractivity contribution in [1.82, 2.24) is 29.9 Å². The molecule has 1 aliphatic rings. The minimum absolute atomic E-state index is 0.122. The number of hydrogen-bond donors (Lipinski definition) is 8. The maximum absolute atomic E-state index is 7.00. The third kappa shape index (κ3) is 17.3. The number of nitrogens with one attached hydrogen (secondary N) is 6. The highest BCUT2D eigenvalue weighted by Crippen LogP contribution is 2.43. The zero-order valence-electron chi connectivity index (χ0n) is 49.1. The van der Waals surface area contributed by atoms with Crippen molar-refractivity contribution in [2.24, 2.45) is 0 Å². The first-order valence-corrected chi connectivity index (χ1v) is 29.8. The molecule has 0 aliphatic heterocycles. The van der Waals surface area contributed by atoms with Crippen LogP contribution in [0.5, 0.6) is 23.0 Å². The molecule has 0 amide bonds. The lowest BCUT2D eigenvalue weighted by Gasteiger charge is -2.25. The summed E-state index contributed by atoms with van der Waals surface area (Å²) < 4.78 is 28.0. The first-order chi connectivity index (χ1) is 39.1. The molecular weight excluding hydrogens is 1000 g/mol. The highest BCUT2D eigenvalue weighted by atomic mass is 16.5. The number of benzene rings is 4. The monoisotopic (exact) mass is 1090 g/mol. The lowest BCUT2D eigenvalue weighted by atomic mass is 9.90. The molecule has 0 atom stereocenters. The van der Waals surface area contributed by atoms with Crippen LogP contribution in [0.1, 0.15) is 177 Å². The Hall–Kier alpha value is -7.50. The van der Waals surface area contributed by atoms with E-state index in [-0.39, 0.29) is 11.9 Å². The van der Waals surface area contributed by atoms with E-state index >= 15 is 0 Å². The predicted octanol–water partition coefficient (Wildman–Crippen LogP) is 13.4. The predicted molar refractivity (Wildman–Crippen MR) is 329 cm³/mol. The Balaban J connectivity index is 1.54. The Kier molecular flexibility index (Phi) is 23.6. The summed E-state index contributed by atoms with van der Waals surface area (Å²) in [7, 11) is 0. The van der Waals surface area contributed by atoms with Gasteiger partial charge in [-0.25, -0.2) is 0 Å². The summed E-state index contributed by atoms with van der Waals surface area (Å²) in [4.78, 5) is 27.6. The van der Waals surface area contributed by atoms with Gasteiger partial charge in [0.25, 0.3) is 0 Å². The third-order valence-corrected chi connectivity index (χ3v) is 13.5. The molecule has 8 bridgehead atoms. The topological polar surface area (TPSA) is 238 Å². The zero-order chi connectivity index (χ0) is 56.6. The lowest BCUT2D eigenvalue weighted by molar-refractivity contribution is 0.304. The van der Waals surface area contributed by atoms with Gasteiger partial charge in [-0.05, 0) is 99.9 Å². The van der Waals surface area contributed by atoms with Crippen LogP contribution in [-0.4, -0.2) is 82.5 Å². The van der Waals surface area contributed by atoms with Crippen LogP contribution in [0.2, 0.25) is 0 Å². The number of fused-ring (bicyclic) bond motifs is 8. The summed E-state index contributed by atoms with van der Waals surface area (Å²) in [5.41, 5.74) is 24.3. The highest BCUT2D eigenvalue weighted by molar-refractivity contribution is 5.69. The molecule has 0 saturated heterocycles. The standard InChI is InChI=1S/C62H90N14O4/c1-9-17-21-65-49-33-41-29-45-37-51(69-61-73-57(63)71-59(75-61)67-23-19-11-3)39-47(55(45)79-27-15-7)31-43-35-50(66-22-18-10-2)36-44(54(43)78-26-14-6)32-48-40-52(70-62-74-58(64)72-60(76-62)68-24-20-12-4)38-46(56(48)80-28-16-8)30-42(34-49)53(41)77-25-13-5/h33-40,65-66H,9-32H2,1-8H3,(H4,63,67,69,71,73,75)(H4,64,68,70,72,74,76). The Bertz CT molecular complexity index is 2630. The number of unbranched alkanes of at least 4 members (excludes halogenated alkanes) is 4. The molecule has 0 unspecified atom stereocenters. The normalized spacial score (nSPS) is 11.9. The number of nitrogens with two attached hydrogens (primary N) is 2. The van der Waals surface area contributed by atoms with Crippen LogP contribution in [0, 0.1) is 0 Å². The van der Waals surface area contributed by atoms with E-state index in [2.05, 4.69) is 156 Å². The van der Waals surface area contributed by atoms with Gasteiger partial charge in [0.1, 0.15) is 23.0 Å². The number of nitrogen functional groups attached to an aromatic ring is 2. The summed E-state index contributed by atoms with van der Waals surface area (Å²) in [6.07, 6.45) is 13.3. The number of aromatic nitrogens is 6. The van der Waals surface area contributed by atoms with Gasteiger partial charge >= 0.3 is 0 Å². The van der Waals surface area contributed by atoms with Gasteiger partial charge in [-0.15, -0.1) is 0 Å². The zero-order valence-corrected chi connectivity index (χ0v) is 49.1. The second kappa shape index (κ2) is 31.3. The second-order valence-electron chi connectivity index (χ2n) is 20.6. The van der Waals surface area contributed by atoms with Crippen LogP contribution >= 0.6 is 0 Å². The number of hydrogen-bond acceptors (Lipinski definition) is 18. The van der Waals surface area contributed by atoms with Crippen molar-refractivity contribution in [1.29, 1.82) is 0 Å². The van der Waals surface area contributed by atoms with Gasteiger partial charge in [-0.2, -0.15) is 29.9 Å². The molecule has 7 rings (SSSR count). The van der Waals surface area contributed by atoms with E-state index in [1.807, 2.05) is 0 Å². The minimum Gasteiger partial charge on any atom is -0.493 e. The van der Waals surface area contributed by atoms with Gasteiger partial charge in [0.05, 0.1) is 26.4 Å². The molecule has 80 heavy (non-hydrogen) atoms. The maximum atomic E-state index is 7.00. The van der Waals surface area contributed by atoms with Crippen molar-refractivity contribution in [3.8, 4) is 23.0 Å². The van der Waals surface area contributed by atoms with Crippen molar-refractivity contribution in [2.75, 3.05) is 96.0 Å². The van der Waals surface area contributed by atoms with Crippen LogP contribution in [0.15, 0.2) is 48.5 Å². The van der Waals surface area contributed by atoms with E-state index in [1.54, 1.807) is 0 Å². The van der Waals surface area contributed by atoms with E-state index in [9.17, 15) is 0 Å². The van der Waals surface area contributed by atoms with Crippen molar-refractivity contribution < 1.29 is 18.9 Å². The summed E-state index contributed by atoms with van der Waals surface area (Å²) in [5.74, 6) is 5.05. The first kappa shape index (κ1) is 60.1. The molecule has 4 aromatic carbocycles. The summed E-state index contributed by atoms with van der Waals surface area (Å²) >= 11 is 0. The van der Waals surface area contributed by atoms with E-state index < -0.39 is 0 Å². The van der Waals surface area contributed by atoms with Gasteiger partial charge < -0.3 is 62.3 Å². The molecule has 1 aliphatic carbocycles. The molecule has 0 saturated carbocycles. The van der Waals surface area contributed by atoms with Crippen LogP contribution in [0.4, 0.5) is 58.4 Å². The fraction of sp³-hybridized carbons (Fsp3) is 0.516. The van der Waals surface area contributed by atoms with Crippen molar-refractivity contribution in [2.45, 2.75) is 158 Å². The SMILES string of the molecule is CCCCNc1cc2c(OCCC)c(c1)Cc1cc(Nc3nc(N)nc(NCCCC)n3)cc(c1OCCC)Cc1cc(NCCCC)cc(c1OCCC)Cc1cc(Nc3nc(N)nc(NCCCC)n3)cc(c1OCCC)C2. The van der Waals surface area contributed by atoms with Gasteiger partial charge in [0.2, 0.25) is 35.7 Å². The fourth-order valence-electron chi connectivity index (χ4n) is 9.68. The summed E-state index contributed by atoms with van der Waals surface area (Å²) in [6.45, 7) is 22.5. The minimum atomic E-state index is 0.122. The van der Waals surface area contributed by atoms with Crippen molar-refractivity contribution in [3.63, 3.8) is 0 Å². The molecule has 0 radical (unpaired) electrons. The largest absolute Gasteiger partial charge is 0.493 e. The number of ether oxygens (including phenoxy) is 4.